The molecule has 3 N–H and O–H groups in total. The monoisotopic (exact) mass is 422 g/mol. The molecule has 1 atom stereocenters. The van der Waals surface area contributed by atoms with Crippen LogP contribution >= 0.6 is 11.8 Å². The molecule has 0 aromatic carbocycles. The van der Waals surface area contributed by atoms with Crippen LogP contribution in [0.15, 0.2) is 34.7 Å². The molecule has 3 heterocycles. The molecule has 0 aromatic heterocycles. The number of nitrogens with two attached hydrogens (primary N) is 1. The molecule has 4 nitrogen and oxygen atoms in total. The number of hydrogen-bond acceptors (Lipinski definition) is 5. The highest BCUT2D eigenvalue weighted by atomic mass is 32.2. The molecule has 0 saturated carbocycles. The zero-order valence-electron chi connectivity index (χ0n) is 18.4. The third kappa shape index (κ3) is 8.49. The van der Waals surface area contributed by atoms with Gasteiger partial charge in [-0.2, -0.15) is 13.2 Å². The van der Waals surface area contributed by atoms with Crippen molar-refractivity contribution in [2.24, 2.45) is 11.1 Å². The Hall–Kier alpha value is -1.12. The average Bonchev–Trinajstić information content (AvgIpc) is 3.10. The summed E-state index contributed by atoms with van der Waals surface area (Å²) in [6, 6.07) is -0.392. The minimum Gasteiger partial charge on any atom is -0.384 e. The van der Waals surface area contributed by atoms with E-state index >= 15 is 0 Å². The van der Waals surface area contributed by atoms with Crippen molar-refractivity contribution in [2.45, 2.75) is 66.4 Å². The second-order valence-corrected chi connectivity index (χ2v) is 8.19. The first-order valence-corrected chi connectivity index (χ1v) is 10.7. The van der Waals surface area contributed by atoms with Crippen molar-refractivity contribution in [1.82, 2.24) is 15.3 Å². The van der Waals surface area contributed by atoms with E-state index in [1.165, 1.54) is 24.5 Å². The largest absolute Gasteiger partial charge is 0.446 e. The molecule has 8 heteroatoms. The number of alkyl halides is 3. The zero-order chi connectivity index (χ0) is 22.1. The summed E-state index contributed by atoms with van der Waals surface area (Å²) in [5, 5.41) is 1.47. The Morgan fingerprint density at radius 2 is 1.79 bits per heavy atom. The number of nitrogens with zero attached hydrogens (tertiary/aromatic N) is 2. The average molecular weight is 423 g/mol. The number of rotatable bonds is 1. The lowest BCUT2D eigenvalue weighted by atomic mass is 9.93. The summed E-state index contributed by atoms with van der Waals surface area (Å²) in [5.74, 6) is 0.391. The molecule has 3 aliphatic heterocycles. The van der Waals surface area contributed by atoms with Gasteiger partial charge in [0.05, 0.1) is 11.7 Å². The molecule has 0 aromatic rings. The fourth-order valence-electron chi connectivity index (χ4n) is 2.98. The molecule has 0 radical (unpaired) electrons. The lowest BCUT2D eigenvalue weighted by molar-refractivity contribution is -0.0323. The molecule has 3 aliphatic rings. The molecule has 1 fully saturated rings. The fraction of sp³-hybridized carbons (Fsp3) is 0.700. The first kappa shape index (κ1) is 26.9. The summed E-state index contributed by atoms with van der Waals surface area (Å²) >= 11 is -0.0984. The van der Waals surface area contributed by atoms with Gasteiger partial charge in [-0.3, -0.25) is 5.01 Å². The standard InChI is InChI=1S/C9H10F3N3S.C7H15N.2C2H6/c1-5-8(16-9(10,11)12)6-3-2-4-7(13)15(6)14-5;1-7(2)4-5-8(3)6-7;2*1-2/h2-5,14H,13H2,1H3;4-6H2,1-3H3;2*1-2H3. The molecule has 3 rings (SSSR count). The van der Waals surface area contributed by atoms with Crippen LogP contribution in [0.4, 0.5) is 13.2 Å². The maximum atomic E-state index is 12.3. The molecular weight excluding hydrogens is 385 g/mol. The molecule has 0 spiro atoms. The van der Waals surface area contributed by atoms with Crippen LogP contribution in [0.25, 0.3) is 0 Å². The van der Waals surface area contributed by atoms with Gasteiger partial charge in [-0.1, -0.05) is 47.6 Å². The van der Waals surface area contributed by atoms with Crippen LogP contribution in [-0.2, 0) is 0 Å². The topological polar surface area (TPSA) is 44.5 Å². The van der Waals surface area contributed by atoms with Gasteiger partial charge in [0.2, 0.25) is 0 Å². The summed E-state index contributed by atoms with van der Waals surface area (Å²) in [6.07, 6.45) is 6.24. The predicted molar refractivity (Wildman–Crippen MR) is 115 cm³/mol. The van der Waals surface area contributed by atoms with Gasteiger partial charge in [0.15, 0.2) is 0 Å². The quantitative estimate of drug-likeness (QED) is 0.590. The van der Waals surface area contributed by atoms with Gasteiger partial charge in [0.25, 0.3) is 0 Å². The number of thioether (sulfide) groups is 1. The highest BCUT2D eigenvalue weighted by Crippen LogP contribution is 2.43. The van der Waals surface area contributed by atoms with Crippen molar-refractivity contribution in [1.29, 1.82) is 0 Å². The van der Waals surface area contributed by atoms with Crippen LogP contribution in [0, 0.1) is 5.41 Å². The van der Waals surface area contributed by atoms with Gasteiger partial charge in [-0.15, -0.1) is 0 Å². The molecule has 0 amide bonds. The van der Waals surface area contributed by atoms with Crippen LogP contribution in [-0.4, -0.2) is 41.6 Å². The third-order valence-electron chi connectivity index (χ3n) is 4.08. The van der Waals surface area contributed by atoms with Crippen molar-refractivity contribution in [2.75, 3.05) is 20.1 Å². The van der Waals surface area contributed by atoms with Crippen molar-refractivity contribution in [3.8, 4) is 0 Å². The fourth-order valence-corrected chi connectivity index (χ4v) is 3.73. The molecule has 1 saturated heterocycles. The molecule has 28 heavy (non-hydrogen) atoms. The van der Waals surface area contributed by atoms with Gasteiger partial charge in [-0.05, 0) is 56.3 Å². The van der Waals surface area contributed by atoms with Crippen molar-refractivity contribution >= 4 is 11.8 Å². The van der Waals surface area contributed by atoms with E-state index in [-0.39, 0.29) is 16.7 Å². The van der Waals surface area contributed by atoms with Crippen molar-refractivity contribution in [3.63, 3.8) is 0 Å². The number of hydrogen-bond donors (Lipinski definition) is 2. The number of halogens is 3. The van der Waals surface area contributed by atoms with Crippen LogP contribution in [0.2, 0.25) is 0 Å². The summed E-state index contributed by atoms with van der Waals surface area (Å²) in [4.78, 5) is 2.62. The van der Waals surface area contributed by atoms with E-state index < -0.39 is 11.6 Å². The van der Waals surface area contributed by atoms with Crippen molar-refractivity contribution in [3.05, 3.63) is 34.7 Å². The first-order valence-electron chi connectivity index (χ1n) is 9.87. The lowest BCUT2D eigenvalue weighted by Gasteiger charge is -2.23. The van der Waals surface area contributed by atoms with E-state index in [1.54, 1.807) is 25.2 Å². The minimum atomic E-state index is -4.28. The molecule has 1 unspecified atom stereocenters. The first-order chi connectivity index (χ1) is 13.0. The second-order valence-electron chi connectivity index (χ2n) is 7.09. The van der Waals surface area contributed by atoms with E-state index in [2.05, 4.69) is 31.2 Å². The summed E-state index contributed by atoms with van der Waals surface area (Å²) in [5.41, 5.74) is 5.31. The highest BCUT2D eigenvalue weighted by Gasteiger charge is 2.38. The summed E-state index contributed by atoms with van der Waals surface area (Å²) < 4.78 is 37.0. The van der Waals surface area contributed by atoms with E-state index in [4.69, 9.17) is 5.73 Å². The highest BCUT2D eigenvalue weighted by molar-refractivity contribution is 8.04. The smallest absolute Gasteiger partial charge is 0.384 e. The molecule has 0 aliphatic carbocycles. The summed E-state index contributed by atoms with van der Waals surface area (Å²) in [7, 11) is 2.19. The lowest BCUT2D eigenvalue weighted by Crippen LogP contribution is -2.38. The van der Waals surface area contributed by atoms with E-state index in [0.29, 0.717) is 16.9 Å². The maximum absolute atomic E-state index is 12.3. The molecule has 0 bridgehead atoms. The van der Waals surface area contributed by atoms with Crippen LogP contribution in [0.5, 0.6) is 0 Å². The minimum absolute atomic E-state index is 0.0984. The second kappa shape index (κ2) is 11.8. The van der Waals surface area contributed by atoms with E-state index in [0.717, 1.165) is 0 Å². The van der Waals surface area contributed by atoms with Crippen LogP contribution in [0.1, 0.15) is 54.9 Å². The van der Waals surface area contributed by atoms with Gasteiger partial charge in [0, 0.05) is 11.4 Å². The molecular formula is C20H37F3N4S. The Bertz CT molecular complexity index is 568. The number of likely N-dealkylation sites (tertiary alicyclic amines) is 1. The number of fused-ring (bicyclic) bond motifs is 1. The number of allylic oxidation sites excluding steroid dienone is 3. The summed E-state index contributed by atoms with van der Waals surface area (Å²) in [6.45, 7) is 16.9. The Labute approximate surface area is 173 Å². The van der Waals surface area contributed by atoms with Gasteiger partial charge in [-0.25, -0.2) is 5.43 Å². The van der Waals surface area contributed by atoms with Crippen LogP contribution in [0.3, 0.4) is 0 Å². The van der Waals surface area contributed by atoms with Gasteiger partial charge < -0.3 is 10.6 Å². The Morgan fingerprint density at radius 3 is 2.18 bits per heavy atom. The Morgan fingerprint density at radius 1 is 1.21 bits per heavy atom. The SMILES string of the molecule is CC.CC.CC1NN2C(N)=CC=CC2=C1SC(F)(F)F.CN1CCC(C)(C)C1. The third-order valence-corrected chi connectivity index (χ3v) is 5.10. The van der Waals surface area contributed by atoms with Crippen LogP contribution < -0.4 is 11.2 Å². The van der Waals surface area contributed by atoms with Gasteiger partial charge >= 0.3 is 5.51 Å². The van der Waals surface area contributed by atoms with Gasteiger partial charge in [0.1, 0.15) is 5.82 Å². The zero-order valence-corrected chi connectivity index (χ0v) is 19.3. The number of hydrazine groups is 1. The van der Waals surface area contributed by atoms with E-state index in [1.807, 2.05) is 27.7 Å². The molecule has 164 valence electrons. The van der Waals surface area contributed by atoms with E-state index in [9.17, 15) is 13.2 Å². The van der Waals surface area contributed by atoms with Crippen molar-refractivity contribution < 1.29 is 13.2 Å². The maximum Gasteiger partial charge on any atom is 0.446 e. The predicted octanol–water partition coefficient (Wildman–Crippen LogP) is 5.43. The Balaban J connectivity index is 0.000000511. The number of nitrogens with one attached hydrogen (secondary N) is 1. The normalized spacial score (nSPS) is 22.9. The Kier molecular flexibility index (Phi) is 11.3.